The smallest absolute Gasteiger partial charge is 0.274 e. The van der Waals surface area contributed by atoms with E-state index in [1.165, 1.54) is 54.3 Å². The number of aryl methyl sites for hydroxylation is 1. The number of anilines is 2. The summed E-state index contributed by atoms with van der Waals surface area (Å²) < 4.78 is 54.8. The third kappa shape index (κ3) is 2.92. The van der Waals surface area contributed by atoms with Crippen LogP contribution in [-0.4, -0.2) is 26.0 Å². The van der Waals surface area contributed by atoms with Crippen LogP contribution in [0, 0.1) is 18.6 Å². The minimum absolute atomic E-state index is 0.0176. The van der Waals surface area contributed by atoms with Crippen molar-refractivity contribution < 1.29 is 26.8 Å². The van der Waals surface area contributed by atoms with Crippen LogP contribution in [-0.2, 0) is 30.8 Å². The molecule has 2 amide bonds. The molecule has 33 heavy (non-hydrogen) atoms. The highest BCUT2D eigenvalue weighted by Gasteiger charge is 2.69. The van der Waals surface area contributed by atoms with Gasteiger partial charge in [0, 0.05) is 11.3 Å². The molecular weight excluding hydrogens is 450 g/mol. The third-order valence-corrected chi connectivity index (χ3v) is 8.19. The first kappa shape index (κ1) is 21.3. The molecule has 2 heterocycles. The largest absolute Gasteiger partial charge is 0.304 e. The standard InChI is InChI=1S/C24H18F2N2O4S/c1-15-6-11-18(12-20(15)26)28-22(29)14-33(31,32)24(28)19-4-2-3-5-21(19)27(23(24)30)13-16-7-9-17(25)10-8-16/h2-12H,13-14H2,1H3/t24-/m0/s1. The number of halogens is 2. The Labute approximate surface area is 189 Å². The van der Waals surface area contributed by atoms with Crippen LogP contribution in [0.25, 0.3) is 0 Å². The summed E-state index contributed by atoms with van der Waals surface area (Å²) in [6, 6.07) is 15.7. The molecule has 0 saturated carbocycles. The van der Waals surface area contributed by atoms with E-state index in [1.54, 1.807) is 18.2 Å². The number of sulfone groups is 1. The molecule has 2 aliphatic heterocycles. The lowest BCUT2D eigenvalue weighted by Crippen LogP contribution is -2.54. The van der Waals surface area contributed by atoms with Gasteiger partial charge in [0.2, 0.25) is 5.91 Å². The van der Waals surface area contributed by atoms with E-state index >= 15 is 0 Å². The topological polar surface area (TPSA) is 74.8 Å². The Morgan fingerprint density at radius 3 is 2.36 bits per heavy atom. The minimum Gasteiger partial charge on any atom is -0.304 e. The Hall–Kier alpha value is -3.59. The maximum absolute atomic E-state index is 14.4. The summed E-state index contributed by atoms with van der Waals surface area (Å²) in [6.45, 7) is 1.51. The maximum Gasteiger partial charge on any atom is 0.274 e. The average Bonchev–Trinajstić information content (AvgIpc) is 3.14. The average molecular weight is 468 g/mol. The van der Waals surface area contributed by atoms with Crippen LogP contribution < -0.4 is 9.80 Å². The first-order valence-corrected chi connectivity index (χ1v) is 11.8. The van der Waals surface area contributed by atoms with Crippen LogP contribution in [0.1, 0.15) is 16.7 Å². The van der Waals surface area contributed by atoms with Gasteiger partial charge in [-0.2, -0.15) is 0 Å². The van der Waals surface area contributed by atoms with Crippen LogP contribution in [0.15, 0.2) is 66.7 Å². The lowest BCUT2D eigenvalue weighted by Gasteiger charge is -2.32. The summed E-state index contributed by atoms with van der Waals surface area (Å²) in [4.78, 5) is 26.8. The van der Waals surface area contributed by atoms with Gasteiger partial charge < -0.3 is 4.90 Å². The molecule has 1 saturated heterocycles. The van der Waals surface area contributed by atoms with Gasteiger partial charge in [0.15, 0.2) is 9.84 Å². The van der Waals surface area contributed by atoms with Crippen LogP contribution >= 0.6 is 0 Å². The van der Waals surface area contributed by atoms with E-state index in [2.05, 4.69) is 0 Å². The van der Waals surface area contributed by atoms with Crippen molar-refractivity contribution in [3.8, 4) is 0 Å². The van der Waals surface area contributed by atoms with E-state index in [4.69, 9.17) is 0 Å². The summed E-state index contributed by atoms with van der Waals surface area (Å²) >= 11 is 0. The van der Waals surface area contributed by atoms with Crippen LogP contribution in [0.3, 0.4) is 0 Å². The molecule has 1 fully saturated rings. The molecule has 3 aromatic carbocycles. The zero-order valence-electron chi connectivity index (χ0n) is 17.5. The number of para-hydroxylation sites is 1. The van der Waals surface area contributed by atoms with E-state index in [0.29, 0.717) is 16.8 Å². The monoisotopic (exact) mass is 468 g/mol. The Kier molecular flexibility index (Phi) is 4.65. The molecule has 1 atom stereocenters. The third-order valence-electron chi connectivity index (χ3n) is 6.09. The first-order chi connectivity index (χ1) is 15.7. The van der Waals surface area contributed by atoms with E-state index in [9.17, 15) is 26.8 Å². The van der Waals surface area contributed by atoms with Crippen molar-refractivity contribution in [1.82, 2.24) is 0 Å². The van der Waals surface area contributed by atoms with Crippen LogP contribution in [0.5, 0.6) is 0 Å². The number of fused-ring (bicyclic) bond motifs is 2. The predicted molar refractivity (Wildman–Crippen MR) is 118 cm³/mol. The maximum atomic E-state index is 14.4. The molecular formula is C24H18F2N2O4S. The summed E-state index contributed by atoms with van der Waals surface area (Å²) in [7, 11) is -4.35. The van der Waals surface area contributed by atoms with Gasteiger partial charge in [-0.25, -0.2) is 17.2 Å². The zero-order valence-corrected chi connectivity index (χ0v) is 18.3. The zero-order chi connectivity index (χ0) is 23.5. The molecule has 6 nitrogen and oxygen atoms in total. The van der Waals surface area contributed by atoms with E-state index in [1.807, 2.05) is 0 Å². The second kappa shape index (κ2) is 7.21. The Morgan fingerprint density at radius 1 is 0.970 bits per heavy atom. The van der Waals surface area contributed by atoms with Gasteiger partial charge in [0.05, 0.1) is 12.2 Å². The summed E-state index contributed by atoms with van der Waals surface area (Å²) in [5.41, 5.74) is 1.33. The predicted octanol–water partition coefficient (Wildman–Crippen LogP) is 3.43. The normalized spacial score (nSPS) is 21.2. The number of hydrogen-bond acceptors (Lipinski definition) is 4. The summed E-state index contributed by atoms with van der Waals surface area (Å²) in [5, 5.41) is 0. The molecule has 0 radical (unpaired) electrons. The van der Waals surface area contributed by atoms with Gasteiger partial charge in [-0.3, -0.25) is 14.5 Å². The fourth-order valence-corrected chi connectivity index (χ4v) is 6.57. The molecule has 0 N–H and O–H groups in total. The molecule has 5 rings (SSSR count). The van der Waals surface area contributed by atoms with Crippen LogP contribution in [0.4, 0.5) is 20.2 Å². The fourth-order valence-electron chi connectivity index (χ4n) is 4.54. The molecule has 0 bridgehead atoms. The summed E-state index contributed by atoms with van der Waals surface area (Å²) in [6.07, 6.45) is 0. The van der Waals surface area contributed by atoms with E-state index in [-0.39, 0.29) is 17.8 Å². The van der Waals surface area contributed by atoms with E-state index in [0.717, 1.165) is 11.0 Å². The van der Waals surface area contributed by atoms with Crippen molar-refractivity contribution in [2.24, 2.45) is 0 Å². The number of amides is 2. The van der Waals surface area contributed by atoms with Gasteiger partial charge in [-0.1, -0.05) is 36.4 Å². The number of rotatable bonds is 3. The SMILES string of the molecule is Cc1ccc(N2C(=O)CS(=O)(=O)[C@@]23C(=O)N(Cc2ccc(F)cc2)c2ccccc23)cc1F. The number of hydrogen-bond donors (Lipinski definition) is 0. The van der Waals surface area contributed by atoms with Gasteiger partial charge in [-0.15, -0.1) is 0 Å². The molecule has 2 aliphatic rings. The lowest BCUT2D eigenvalue weighted by molar-refractivity contribution is -0.123. The lowest BCUT2D eigenvalue weighted by atomic mass is 10.0. The number of carbonyl (C=O) groups is 2. The van der Waals surface area contributed by atoms with Crippen molar-refractivity contribution in [3.05, 3.63) is 95.1 Å². The van der Waals surface area contributed by atoms with Crippen molar-refractivity contribution in [2.75, 3.05) is 15.6 Å². The van der Waals surface area contributed by atoms with Crippen molar-refractivity contribution in [2.45, 2.75) is 18.3 Å². The highest BCUT2D eigenvalue weighted by Crippen LogP contribution is 2.52. The Balaban J connectivity index is 1.73. The van der Waals surface area contributed by atoms with Crippen LogP contribution in [0.2, 0.25) is 0 Å². The second-order valence-corrected chi connectivity index (χ2v) is 10.2. The number of benzene rings is 3. The highest BCUT2D eigenvalue weighted by atomic mass is 32.2. The van der Waals surface area contributed by atoms with Crippen molar-refractivity contribution >= 4 is 33.0 Å². The number of carbonyl (C=O) groups excluding carboxylic acids is 2. The Morgan fingerprint density at radius 2 is 1.67 bits per heavy atom. The molecule has 0 aliphatic carbocycles. The van der Waals surface area contributed by atoms with Crippen molar-refractivity contribution in [1.29, 1.82) is 0 Å². The van der Waals surface area contributed by atoms with E-state index < -0.39 is 43.9 Å². The fraction of sp³-hybridized carbons (Fsp3) is 0.167. The molecule has 0 aromatic heterocycles. The van der Waals surface area contributed by atoms with Gasteiger partial charge >= 0.3 is 0 Å². The van der Waals surface area contributed by atoms with Gasteiger partial charge in [-0.05, 0) is 48.4 Å². The Bertz CT molecular complexity index is 1420. The summed E-state index contributed by atoms with van der Waals surface area (Å²) in [5.74, 6) is -3.60. The molecule has 0 unspecified atom stereocenters. The van der Waals surface area contributed by atoms with Gasteiger partial charge in [0.25, 0.3) is 10.8 Å². The molecule has 168 valence electrons. The first-order valence-electron chi connectivity index (χ1n) is 10.1. The van der Waals surface area contributed by atoms with Crippen molar-refractivity contribution in [3.63, 3.8) is 0 Å². The molecule has 9 heteroatoms. The molecule has 1 spiro atoms. The van der Waals surface area contributed by atoms with Gasteiger partial charge in [0.1, 0.15) is 17.4 Å². The minimum atomic E-state index is -4.35. The second-order valence-electron chi connectivity index (χ2n) is 8.10. The quantitative estimate of drug-likeness (QED) is 0.590. The highest BCUT2D eigenvalue weighted by molar-refractivity contribution is 7.94. The molecule has 3 aromatic rings. The number of nitrogens with zero attached hydrogens (tertiary/aromatic N) is 2.